The van der Waals surface area contributed by atoms with Gasteiger partial charge in [0.15, 0.2) is 0 Å². The molecule has 0 aliphatic rings. The number of halogens is 1. The fraction of sp³-hybridized carbons (Fsp3) is 0.294. The van der Waals surface area contributed by atoms with E-state index in [0.717, 1.165) is 10.0 Å². The minimum atomic E-state index is -0.254. The van der Waals surface area contributed by atoms with Gasteiger partial charge in [0.2, 0.25) is 11.9 Å². The maximum absolute atomic E-state index is 12.3. The minimum Gasteiger partial charge on any atom is -0.293 e. The van der Waals surface area contributed by atoms with Gasteiger partial charge in [0.1, 0.15) is 6.33 Å². The summed E-state index contributed by atoms with van der Waals surface area (Å²) in [6, 6.07) is 8.21. The molecule has 1 N–H and O–H groups in total. The Hall–Kier alpha value is -2.48. The number of nitrogens with one attached hydrogen (secondary N) is 1. The number of aryl methyl sites for hydroxylation is 1. The first-order valence-electron chi connectivity index (χ1n) is 7.93. The average molecular weight is 403 g/mol. The average Bonchev–Trinajstić information content (AvgIpc) is 3.16. The van der Waals surface area contributed by atoms with Crippen LogP contribution in [0.3, 0.4) is 0 Å². The van der Waals surface area contributed by atoms with Crippen molar-refractivity contribution in [1.29, 1.82) is 0 Å². The number of nitrogens with zero attached hydrogens (tertiary/aromatic N) is 5. The molecule has 0 saturated carbocycles. The van der Waals surface area contributed by atoms with Crippen LogP contribution in [0.1, 0.15) is 18.1 Å². The maximum atomic E-state index is 12.3. The molecule has 0 radical (unpaired) electrons. The van der Waals surface area contributed by atoms with Crippen LogP contribution in [0.15, 0.2) is 47.5 Å². The van der Waals surface area contributed by atoms with Crippen LogP contribution in [0.4, 0.5) is 5.95 Å². The summed E-state index contributed by atoms with van der Waals surface area (Å²) in [6.07, 6.45) is 5.14. The van der Waals surface area contributed by atoms with E-state index < -0.39 is 0 Å². The lowest BCUT2D eigenvalue weighted by atomic mass is 10.1. The summed E-state index contributed by atoms with van der Waals surface area (Å²) in [5.41, 5.74) is 2.34. The van der Waals surface area contributed by atoms with E-state index in [0.29, 0.717) is 19.0 Å². The van der Waals surface area contributed by atoms with E-state index in [1.165, 1.54) is 5.56 Å². The van der Waals surface area contributed by atoms with Gasteiger partial charge in [-0.05, 0) is 28.4 Å². The van der Waals surface area contributed by atoms with Crippen LogP contribution in [-0.2, 0) is 17.9 Å². The van der Waals surface area contributed by atoms with Gasteiger partial charge in [-0.1, -0.05) is 36.8 Å². The molecule has 1 atom stereocenters. The smallest absolute Gasteiger partial charge is 0.248 e. The molecule has 1 aromatic carbocycles. The topological polar surface area (TPSA) is 77.6 Å². The summed E-state index contributed by atoms with van der Waals surface area (Å²) >= 11 is 3.34. The predicted octanol–water partition coefficient (Wildman–Crippen LogP) is 2.87. The van der Waals surface area contributed by atoms with Crippen LogP contribution in [0.5, 0.6) is 0 Å². The third-order valence-corrected chi connectivity index (χ3v) is 4.12. The zero-order valence-corrected chi connectivity index (χ0v) is 15.6. The molecule has 25 heavy (non-hydrogen) atoms. The highest BCUT2D eigenvalue weighted by molar-refractivity contribution is 9.10. The number of hydrogen-bond donors (Lipinski definition) is 1. The van der Waals surface area contributed by atoms with Crippen molar-refractivity contribution in [3.8, 4) is 0 Å². The van der Waals surface area contributed by atoms with E-state index in [-0.39, 0.29) is 11.8 Å². The summed E-state index contributed by atoms with van der Waals surface area (Å²) < 4.78 is 4.31. The normalized spacial score (nSPS) is 12.1. The van der Waals surface area contributed by atoms with Gasteiger partial charge in [-0.3, -0.25) is 14.8 Å². The second-order valence-corrected chi connectivity index (χ2v) is 6.94. The molecule has 3 rings (SSSR count). The molecule has 0 fully saturated rings. The van der Waals surface area contributed by atoms with E-state index in [1.807, 2.05) is 25.3 Å². The molecule has 130 valence electrons. The SMILES string of the molecule is Cc1cccc(Cn2cnc(NC(=O)C(C)Cn3cc(Br)cn3)n2)c1. The molecule has 0 aliphatic heterocycles. The Kier molecular flexibility index (Phi) is 5.28. The number of hydrogen-bond acceptors (Lipinski definition) is 4. The van der Waals surface area contributed by atoms with Crippen LogP contribution in [0, 0.1) is 12.8 Å². The number of aromatic nitrogens is 5. The van der Waals surface area contributed by atoms with Gasteiger partial charge in [-0.2, -0.15) is 5.10 Å². The maximum Gasteiger partial charge on any atom is 0.248 e. The first kappa shape index (κ1) is 17.3. The molecule has 8 heteroatoms. The molecule has 3 aromatic rings. The van der Waals surface area contributed by atoms with Gasteiger partial charge in [-0.25, -0.2) is 9.67 Å². The summed E-state index contributed by atoms with van der Waals surface area (Å²) in [5, 5.41) is 11.2. The van der Waals surface area contributed by atoms with Crippen molar-refractivity contribution in [1.82, 2.24) is 24.5 Å². The number of carbonyl (C=O) groups is 1. The van der Waals surface area contributed by atoms with E-state index in [2.05, 4.69) is 55.5 Å². The lowest BCUT2D eigenvalue weighted by Gasteiger charge is -2.10. The number of benzene rings is 1. The van der Waals surface area contributed by atoms with Crippen LogP contribution < -0.4 is 5.32 Å². The summed E-state index contributed by atoms with van der Waals surface area (Å²) in [5.74, 6) is -0.0819. The number of anilines is 1. The predicted molar refractivity (Wildman–Crippen MR) is 98.0 cm³/mol. The minimum absolute atomic E-state index is 0.139. The zero-order valence-electron chi connectivity index (χ0n) is 14.1. The summed E-state index contributed by atoms with van der Waals surface area (Å²) in [6.45, 7) is 4.99. The van der Waals surface area contributed by atoms with Crippen LogP contribution in [-0.4, -0.2) is 30.5 Å². The van der Waals surface area contributed by atoms with Crippen molar-refractivity contribution in [2.75, 3.05) is 5.32 Å². The Morgan fingerprint density at radius 2 is 2.20 bits per heavy atom. The highest BCUT2D eigenvalue weighted by Crippen LogP contribution is 2.10. The highest BCUT2D eigenvalue weighted by atomic mass is 79.9. The quantitative estimate of drug-likeness (QED) is 0.687. The Morgan fingerprint density at radius 3 is 2.92 bits per heavy atom. The van der Waals surface area contributed by atoms with E-state index in [4.69, 9.17) is 0 Å². The number of amides is 1. The molecule has 0 spiro atoms. The zero-order chi connectivity index (χ0) is 17.8. The second-order valence-electron chi connectivity index (χ2n) is 6.03. The lowest BCUT2D eigenvalue weighted by molar-refractivity contribution is -0.119. The fourth-order valence-electron chi connectivity index (χ4n) is 2.46. The monoisotopic (exact) mass is 402 g/mol. The molecule has 1 amide bonds. The molecule has 2 aromatic heterocycles. The van der Waals surface area contributed by atoms with Gasteiger partial charge in [0, 0.05) is 6.20 Å². The molecule has 0 saturated heterocycles. The van der Waals surface area contributed by atoms with Crippen LogP contribution in [0.25, 0.3) is 0 Å². The standard InChI is InChI=1S/C17H19BrN6O/c1-12-4-3-5-14(6-12)9-24-11-19-17(22-24)21-16(25)13(2)8-23-10-15(18)7-20-23/h3-7,10-11,13H,8-9H2,1-2H3,(H,21,22,25). The molecule has 0 aliphatic carbocycles. The van der Waals surface area contributed by atoms with Crippen LogP contribution >= 0.6 is 15.9 Å². The second kappa shape index (κ2) is 7.60. The Morgan fingerprint density at radius 1 is 1.36 bits per heavy atom. The Balaban J connectivity index is 1.57. The van der Waals surface area contributed by atoms with E-state index in [9.17, 15) is 4.79 Å². The molecule has 0 bridgehead atoms. The van der Waals surface area contributed by atoms with Gasteiger partial charge in [0.25, 0.3) is 0 Å². The molecular weight excluding hydrogens is 384 g/mol. The number of carbonyl (C=O) groups excluding carboxylic acids is 1. The molecule has 7 nitrogen and oxygen atoms in total. The van der Waals surface area contributed by atoms with Crippen molar-refractivity contribution < 1.29 is 4.79 Å². The molecule has 1 unspecified atom stereocenters. The van der Waals surface area contributed by atoms with Crippen molar-refractivity contribution in [3.63, 3.8) is 0 Å². The van der Waals surface area contributed by atoms with Gasteiger partial charge in [0.05, 0.1) is 29.7 Å². The van der Waals surface area contributed by atoms with Gasteiger partial charge < -0.3 is 0 Å². The number of rotatable bonds is 6. The van der Waals surface area contributed by atoms with Gasteiger partial charge in [-0.15, -0.1) is 5.10 Å². The van der Waals surface area contributed by atoms with Gasteiger partial charge >= 0.3 is 0 Å². The molecule has 2 heterocycles. The summed E-state index contributed by atoms with van der Waals surface area (Å²) in [4.78, 5) is 16.4. The van der Waals surface area contributed by atoms with Crippen molar-refractivity contribution >= 4 is 27.8 Å². The fourth-order valence-corrected chi connectivity index (χ4v) is 2.79. The van der Waals surface area contributed by atoms with Crippen molar-refractivity contribution in [2.45, 2.75) is 26.9 Å². The third kappa shape index (κ3) is 4.76. The van der Waals surface area contributed by atoms with E-state index in [1.54, 1.807) is 21.9 Å². The highest BCUT2D eigenvalue weighted by Gasteiger charge is 2.16. The Bertz CT molecular complexity index is 871. The van der Waals surface area contributed by atoms with Crippen molar-refractivity contribution in [3.05, 3.63) is 58.6 Å². The van der Waals surface area contributed by atoms with Crippen LogP contribution in [0.2, 0.25) is 0 Å². The largest absolute Gasteiger partial charge is 0.293 e. The molecular formula is C17H19BrN6O. The first-order chi connectivity index (χ1) is 12.0. The first-order valence-corrected chi connectivity index (χ1v) is 8.73. The third-order valence-electron chi connectivity index (χ3n) is 3.71. The van der Waals surface area contributed by atoms with Crippen molar-refractivity contribution in [2.24, 2.45) is 5.92 Å². The van der Waals surface area contributed by atoms with E-state index >= 15 is 0 Å². The Labute approximate surface area is 154 Å². The lowest BCUT2D eigenvalue weighted by Crippen LogP contribution is -2.25. The summed E-state index contributed by atoms with van der Waals surface area (Å²) in [7, 11) is 0.